The van der Waals surface area contributed by atoms with Crippen LogP contribution in [0.4, 0.5) is 5.69 Å². The average molecular weight is 410 g/mol. The Bertz CT molecular complexity index is 907. The summed E-state index contributed by atoms with van der Waals surface area (Å²) < 4.78 is 11.4. The van der Waals surface area contributed by atoms with Crippen LogP contribution in [0.25, 0.3) is 0 Å². The molecule has 0 aromatic heterocycles. The van der Waals surface area contributed by atoms with Crippen LogP contribution in [0.5, 0.6) is 0 Å². The lowest BCUT2D eigenvalue weighted by atomic mass is 9.91. The molecule has 2 aromatic carbocycles. The van der Waals surface area contributed by atoms with Crippen LogP contribution >= 0.6 is 23.2 Å². The molecule has 142 valence electrons. The Morgan fingerprint density at radius 3 is 2.37 bits per heavy atom. The Kier molecular flexibility index (Phi) is 4.93. The zero-order valence-corrected chi connectivity index (χ0v) is 16.4. The van der Waals surface area contributed by atoms with Crippen LogP contribution in [0.3, 0.4) is 0 Å². The molecule has 1 aliphatic heterocycles. The molecule has 2 aromatic rings. The summed E-state index contributed by atoms with van der Waals surface area (Å²) in [6, 6.07) is 10.7. The van der Waals surface area contributed by atoms with E-state index >= 15 is 0 Å². The van der Waals surface area contributed by atoms with E-state index < -0.39 is 28.2 Å². The highest BCUT2D eigenvalue weighted by molar-refractivity contribution is 6.42. The molecule has 0 saturated carbocycles. The Morgan fingerprint density at radius 1 is 1.19 bits per heavy atom. The van der Waals surface area contributed by atoms with Gasteiger partial charge in [0.05, 0.1) is 15.0 Å². The second-order valence-corrected chi connectivity index (χ2v) is 7.97. The summed E-state index contributed by atoms with van der Waals surface area (Å²) in [5.41, 5.74) is -1.26. The van der Waals surface area contributed by atoms with E-state index in [0.29, 0.717) is 16.1 Å². The number of non-ortho nitro benzene ring substituents is 1. The van der Waals surface area contributed by atoms with Crippen molar-refractivity contribution in [1.82, 2.24) is 0 Å². The molecular weight excluding hydrogens is 393 g/mol. The molecule has 0 aliphatic carbocycles. The van der Waals surface area contributed by atoms with Crippen LogP contribution in [0.15, 0.2) is 42.5 Å². The molecule has 8 heteroatoms. The molecule has 1 heterocycles. The minimum Gasteiger partial charge on any atom is -0.457 e. The average Bonchev–Trinajstić information content (AvgIpc) is 3.32. The van der Waals surface area contributed by atoms with E-state index in [1.807, 2.05) is 0 Å². The number of nitro groups is 1. The van der Waals surface area contributed by atoms with E-state index in [2.05, 4.69) is 0 Å². The van der Waals surface area contributed by atoms with Gasteiger partial charge in [-0.2, -0.15) is 0 Å². The van der Waals surface area contributed by atoms with Gasteiger partial charge in [-0.3, -0.25) is 10.1 Å². The number of halogens is 2. The fraction of sp³-hybridized carbons (Fsp3) is 0.316. The number of esters is 1. The first kappa shape index (κ1) is 19.6. The maximum atomic E-state index is 13.0. The first-order valence-corrected chi connectivity index (χ1v) is 8.92. The summed E-state index contributed by atoms with van der Waals surface area (Å²) in [5.74, 6) is -0.593. The molecule has 0 spiro atoms. The summed E-state index contributed by atoms with van der Waals surface area (Å²) in [6.07, 6.45) is -0.708. The van der Waals surface area contributed by atoms with Gasteiger partial charge in [-0.15, -0.1) is 0 Å². The minimum absolute atomic E-state index is 0.0870. The second-order valence-electron chi connectivity index (χ2n) is 7.18. The zero-order chi connectivity index (χ0) is 20.0. The monoisotopic (exact) mass is 409 g/mol. The molecule has 0 bridgehead atoms. The lowest BCUT2D eigenvalue weighted by molar-refractivity contribution is -0.384. The van der Waals surface area contributed by atoms with Crippen molar-refractivity contribution in [3.63, 3.8) is 0 Å². The number of ether oxygens (including phenoxy) is 2. The highest BCUT2D eigenvalue weighted by Gasteiger charge is 2.67. The number of nitrogens with zero attached hydrogens (tertiary/aromatic N) is 1. The van der Waals surface area contributed by atoms with Crippen LogP contribution in [-0.4, -0.2) is 16.5 Å². The maximum absolute atomic E-state index is 13.0. The van der Waals surface area contributed by atoms with Crippen LogP contribution in [0.1, 0.15) is 38.0 Å². The highest BCUT2D eigenvalue weighted by atomic mass is 35.5. The number of nitro benzene ring substituents is 1. The molecule has 2 unspecified atom stereocenters. The summed E-state index contributed by atoms with van der Waals surface area (Å²) in [5, 5.41) is 11.5. The molecule has 3 rings (SSSR count). The summed E-state index contributed by atoms with van der Waals surface area (Å²) in [7, 11) is 0. The van der Waals surface area contributed by atoms with E-state index in [0.717, 1.165) is 0 Å². The molecule has 6 nitrogen and oxygen atoms in total. The molecular formula is C19H17Cl2NO5. The number of carbonyl (C=O) groups excluding carboxylic acids is 1. The Labute approximate surface area is 166 Å². The third kappa shape index (κ3) is 3.65. The number of hydrogen-bond donors (Lipinski definition) is 0. The fourth-order valence-corrected chi connectivity index (χ4v) is 3.24. The smallest absolute Gasteiger partial charge is 0.346 e. The van der Waals surface area contributed by atoms with E-state index in [9.17, 15) is 14.9 Å². The van der Waals surface area contributed by atoms with Gasteiger partial charge in [-0.25, -0.2) is 4.79 Å². The molecule has 1 fully saturated rings. The van der Waals surface area contributed by atoms with Gasteiger partial charge >= 0.3 is 5.97 Å². The number of rotatable bonds is 4. The van der Waals surface area contributed by atoms with E-state index in [4.69, 9.17) is 32.7 Å². The largest absolute Gasteiger partial charge is 0.457 e. The second kappa shape index (κ2) is 6.78. The van der Waals surface area contributed by atoms with Crippen LogP contribution in [-0.2, 0) is 19.9 Å². The Hall–Kier alpha value is -2.15. The van der Waals surface area contributed by atoms with Crippen molar-refractivity contribution in [2.24, 2.45) is 0 Å². The van der Waals surface area contributed by atoms with Crippen molar-refractivity contribution < 1.29 is 19.2 Å². The molecule has 0 N–H and O–H groups in total. The third-order valence-electron chi connectivity index (χ3n) is 4.09. The Morgan fingerprint density at radius 2 is 1.81 bits per heavy atom. The van der Waals surface area contributed by atoms with Gasteiger partial charge in [0.2, 0.25) is 5.60 Å². The van der Waals surface area contributed by atoms with E-state index in [1.165, 1.54) is 24.3 Å². The SMILES string of the molecule is CC(C)(C)OC(=O)C1(c2ccc([N+](=O)[O-])cc2)OC1c1cccc(Cl)c1Cl. The fourth-order valence-electron chi connectivity index (χ4n) is 2.83. The number of carbonyl (C=O) groups is 1. The number of benzene rings is 2. The van der Waals surface area contributed by atoms with E-state index in [1.54, 1.807) is 39.0 Å². The predicted molar refractivity (Wildman–Crippen MR) is 101 cm³/mol. The molecule has 2 atom stereocenters. The Balaban J connectivity index is 2.05. The first-order valence-electron chi connectivity index (χ1n) is 8.16. The van der Waals surface area contributed by atoms with Crippen molar-refractivity contribution in [2.75, 3.05) is 0 Å². The van der Waals surface area contributed by atoms with Crippen molar-refractivity contribution in [1.29, 1.82) is 0 Å². The lowest BCUT2D eigenvalue weighted by Crippen LogP contribution is -2.33. The zero-order valence-electron chi connectivity index (χ0n) is 14.9. The van der Waals surface area contributed by atoms with Gasteiger partial charge in [0.1, 0.15) is 11.7 Å². The highest BCUT2D eigenvalue weighted by Crippen LogP contribution is 2.60. The topological polar surface area (TPSA) is 82.0 Å². The van der Waals surface area contributed by atoms with Gasteiger partial charge in [-0.1, -0.05) is 35.3 Å². The third-order valence-corrected chi connectivity index (χ3v) is 4.92. The maximum Gasteiger partial charge on any atom is 0.346 e. The molecule has 1 aliphatic rings. The quantitative estimate of drug-likeness (QED) is 0.299. The van der Waals surface area contributed by atoms with Crippen molar-refractivity contribution >= 4 is 34.9 Å². The summed E-state index contributed by atoms with van der Waals surface area (Å²) >= 11 is 12.4. The standard InChI is InChI=1S/C19H17Cl2NO5/c1-18(2,3)27-17(23)19(11-7-9-12(10-8-11)22(24)25)16(26-19)13-5-4-6-14(20)15(13)21/h4-10,16H,1-3H3. The van der Waals surface area contributed by atoms with Crippen molar-refractivity contribution in [3.8, 4) is 0 Å². The number of hydrogen-bond acceptors (Lipinski definition) is 5. The van der Waals surface area contributed by atoms with Crippen LogP contribution in [0, 0.1) is 10.1 Å². The van der Waals surface area contributed by atoms with Crippen LogP contribution in [0.2, 0.25) is 10.0 Å². The van der Waals surface area contributed by atoms with Gasteiger partial charge in [0.15, 0.2) is 0 Å². The number of epoxide rings is 1. The van der Waals surface area contributed by atoms with Gasteiger partial charge in [0, 0.05) is 17.7 Å². The molecule has 0 amide bonds. The van der Waals surface area contributed by atoms with Gasteiger partial charge < -0.3 is 9.47 Å². The van der Waals surface area contributed by atoms with Gasteiger partial charge in [-0.05, 0) is 44.5 Å². The van der Waals surface area contributed by atoms with Gasteiger partial charge in [0.25, 0.3) is 5.69 Å². The summed E-state index contributed by atoms with van der Waals surface area (Å²) in [6.45, 7) is 5.24. The first-order chi connectivity index (χ1) is 12.6. The summed E-state index contributed by atoms with van der Waals surface area (Å²) in [4.78, 5) is 23.4. The van der Waals surface area contributed by atoms with E-state index in [-0.39, 0.29) is 10.7 Å². The van der Waals surface area contributed by atoms with Crippen molar-refractivity contribution in [2.45, 2.75) is 38.1 Å². The van der Waals surface area contributed by atoms with Crippen LogP contribution < -0.4 is 0 Å². The molecule has 0 radical (unpaired) electrons. The molecule has 1 saturated heterocycles. The minimum atomic E-state index is -1.43. The lowest BCUT2D eigenvalue weighted by Gasteiger charge is -2.23. The van der Waals surface area contributed by atoms with Crippen molar-refractivity contribution in [3.05, 3.63) is 73.8 Å². The normalized spacial score (nSPS) is 21.6. The predicted octanol–water partition coefficient (Wildman–Crippen LogP) is 5.21. The molecule has 27 heavy (non-hydrogen) atoms.